The summed E-state index contributed by atoms with van der Waals surface area (Å²) >= 11 is 3.27. The Hall–Kier alpha value is -0.810. The summed E-state index contributed by atoms with van der Waals surface area (Å²) < 4.78 is 24.3. The molecule has 1 rings (SSSR count). The molecule has 0 saturated carbocycles. The smallest absolute Gasteiger partial charge is 0.172 e. The fraction of sp³-hybridized carbons (Fsp3) is 0.455. The maximum absolute atomic E-state index is 13.6. The van der Waals surface area contributed by atoms with Gasteiger partial charge in [-0.2, -0.15) is 0 Å². The minimum Gasteiger partial charge on any atom is -0.495 e. The summed E-state index contributed by atoms with van der Waals surface area (Å²) in [6, 6.07) is 1.43. The molecule has 1 aromatic rings. The van der Waals surface area contributed by atoms with Crippen LogP contribution in [0.15, 0.2) is 10.5 Å². The average molecular weight is 292 g/mol. The number of ether oxygens (including phenoxy) is 2. The summed E-state index contributed by atoms with van der Waals surface area (Å²) in [5.74, 6) is 0.363. The van der Waals surface area contributed by atoms with Crippen molar-refractivity contribution in [3.8, 4) is 11.5 Å². The Balaban J connectivity index is 3.18. The van der Waals surface area contributed by atoms with Gasteiger partial charge in [0, 0.05) is 0 Å². The number of nitrogens with two attached hydrogens (primary N) is 1. The summed E-state index contributed by atoms with van der Waals surface area (Å²) in [5.41, 5.74) is 6.22. The molecule has 0 unspecified atom stereocenters. The quantitative estimate of drug-likeness (QED) is 0.907. The first-order valence-corrected chi connectivity index (χ1v) is 5.73. The van der Waals surface area contributed by atoms with Crippen molar-refractivity contribution in [3.63, 3.8) is 0 Å². The third kappa shape index (κ3) is 2.65. The minimum absolute atomic E-state index is 0.161. The van der Waals surface area contributed by atoms with Crippen molar-refractivity contribution in [3.05, 3.63) is 21.9 Å². The molecular formula is C11H15BrFNO2. The van der Waals surface area contributed by atoms with Gasteiger partial charge in [-0.15, -0.1) is 0 Å². The second kappa shape index (κ2) is 6.06. The van der Waals surface area contributed by atoms with E-state index in [1.807, 2.05) is 0 Å². The second-order valence-electron chi connectivity index (χ2n) is 3.29. The van der Waals surface area contributed by atoms with Crippen molar-refractivity contribution in [1.82, 2.24) is 0 Å². The second-order valence-corrected chi connectivity index (χ2v) is 4.08. The number of hydrogen-bond acceptors (Lipinski definition) is 3. The first-order valence-electron chi connectivity index (χ1n) is 4.94. The molecule has 0 spiro atoms. The Labute approximate surface area is 103 Å². The maximum Gasteiger partial charge on any atom is 0.172 e. The van der Waals surface area contributed by atoms with Crippen LogP contribution in [0.5, 0.6) is 11.5 Å². The zero-order valence-corrected chi connectivity index (χ0v) is 10.9. The summed E-state index contributed by atoms with van der Waals surface area (Å²) in [7, 11) is 2.96. The van der Waals surface area contributed by atoms with E-state index in [1.165, 1.54) is 13.2 Å². The lowest BCUT2D eigenvalue weighted by Gasteiger charge is -2.14. The van der Waals surface area contributed by atoms with Crippen LogP contribution in [0.1, 0.15) is 12.0 Å². The molecule has 16 heavy (non-hydrogen) atoms. The molecule has 0 aliphatic heterocycles. The van der Waals surface area contributed by atoms with Crippen LogP contribution in [0.25, 0.3) is 0 Å². The largest absolute Gasteiger partial charge is 0.495 e. The van der Waals surface area contributed by atoms with Gasteiger partial charge in [0.1, 0.15) is 10.2 Å². The van der Waals surface area contributed by atoms with Gasteiger partial charge in [0.05, 0.1) is 14.2 Å². The first kappa shape index (κ1) is 13.3. The molecule has 90 valence electrons. The van der Waals surface area contributed by atoms with E-state index in [1.54, 1.807) is 7.11 Å². The van der Waals surface area contributed by atoms with Crippen molar-refractivity contribution in [2.45, 2.75) is 12.8 Å². The van der Waals surface area contributed by atoms with Crippen molar-refractivity contribution < 1.29 is 13.9 Å². The van der Waals surface area contributed by atoms with E-state index in [9.17, 15) is 4.39 Å². The molecular weight excluding hydrogens is 277 g/mol. The number of methoxy groups -OCH3 is 2. The normalized spacial score (nSPS) is 10.3. The van der Waals surface area contributed by atoms with E-state index in [0.29, 0.717) is 23.2 Å². The molecule has 5 heteroatoms. The molecule has 0 bridgehead atoms. The van der Waals surface area contributed by atoms with Gasteiger partial charge < -0.3 is 15.2 Å². The number of benzene rings is 1. The Morgan fingerprint density at radius 1 is 1.31 bits per heavy atom. The molecule has 0 aromatic heterocycles. The first-order chi connectivity index (χ1) is 7.65. The lowest BCUT2D eigenvalue weighted by molar-refractivity contribution is 0.366. The van der Waals surface area contributed by atoms with E-state index in [2.05, 4.69) is 15.9 Å². The van der Waals surface area contributed by atoms with Gasteiger partial charge in [-0.05, 0) is 46.9 Å². The Morgan fingerprint density at radius 2 is 1.94 bits per heavy atom. The van der Waals surface area contributed by atoms with E-state index >= 15 is 0 Å². The number of halogens is 2. The Bertz CT molecular complexity index is 371. The SMILES string of the molecule is COc1c(F)cc(CCCN)c(OC)c1Br. The van der Waals surface area contributed by atoms with Gasteiger partial charge in [0.2, 0.25) is 0 Å². The summed E-state index contributed by atoms with van der Waals surface area (Å²) in [6.07, 6.45) is 1.47. The molecule has 0 fully saturated rings. The van der Waals surface area contributed by atoms with Crippen LogP contribution in [0.4, 0.5) is 4.39 Å². The minimum atomic E-state index is -0.401. The molecule has 0 amide bonds. The Kier molecular flexibility index (Phi) is 5.02. The van der Waals surface area contributed by atoms with Gasteiger partial charge in [-0.25, -0.2) is 4.39 Å². The van der Waals surface area contributed by atoms with E-state index in [-0.39, 0.29) is 5.75 Å². The Morgan fingerprint density at radius 3 is 2.44 bits per heavy atom. The predicted molar refractivity (Wildman–Crippen MR) is 64.6 cm³/mol. The van der Waals surface area contributed by atoms with Gasteiger partial charge in [-0.1, -0.05) is 0 Å². The predicted octanol–water partition coefficient (Wildman–Crippen LogP) is 2.50. The van der Waals surface area contributed by atoms with Gasteiger partial charge in [0.25, 0.3) is 0 Å². The lowest BCUT2D eigenvalue weighted by atomic mass is 10.1. The van der Waals surface area contributed by atoms with Crippen molar-refractivity contribution in [2.75, 3.05) is 20.8 Å². The number of rotatable bonds is 5. The summed E-state index contributed by atoms with van der Waals surface area (Å²) in [5, 5.41) is 0. The molecule has 0 aliphatic carbocycles. The molecule has 0 heterocycles. The third-order valence-electron chi connectivity index (χ3n) is 2.27. The average Bonchev–Trinajstić information content (AvgIpc) is 2.26. The topological polar surface area (TPSA) is 44.5 Å². The van der Waals surface area contributed by atoms with Crippen LogP contribution >= 0.6 is 15.9 Å². The molecule has 0 saturated heterocycles. The van der Waals surface area contributed by atoms with Crippen LogP contribution in [-0.4, -0.2) is 20.8 Å². The molecule has 0 radical (unpaired) electrons. The van der Waals surface area contributed by atoms with E-state index in [4.69, 9.17) is 15.2 Å². The van der Waals surface area contributed by atoms with E-state index in [0.717, 1.165) is 12.0 Å². The van der Waals surface area contributed by atoms with Crippen LogP contribution in [-0.2, 0) is 6.42 Å². The molecule has 2 N–H and O–H groups in total. The highest BCUT2D eigenvalue weighted by Crippen LogP contribution is 2.39. The molecule has 3 nitrogen and oxygen atoms in total. The monoisotopic (exact) mass is 291 g/mol. The van der Waals surface area contributed by atoms with E-state index < -0.39 is 5.82 Å². The zero-order valence-electron chi connectivity index (χ0n) is 9.35. The summed E-state index contributed by atoms with van der Waals surface area (Å²) in [4.78, 5) is 0. The molecule has 0 aliphatic rings. The van der Waals surface area contributed by atoms with Gasteiger partial charge >= 0.3 is 0 Å². The maximum atomic E-state index is 13.6. The van der Waals surface area contributed by atoms with Gasteiger partial charge in [-0.3, -0.25) is 0 Å². The third-order valence-corrected chi connectivity index (χ3v) is 2.99. The number of hydrogen-bond donors (Lipinski definition) is 1. The highest BCUT2D eigenvalue weighted by atomic mass is 79.9. The van der Waals surface area contributed by atoms with Crippen LogP contribution in [0.3, 0.4) is 0 Å². The zero-order chi connectivity index (χ0) is 12.1. The van der Waals surface area contributed by atoms with Crippen molar-refractivity contribution in [1.29, 1.82) is 0 Å². The fourth-order valence-electron chi connectivity index (χ4n) is 1.52. The van der Waals surface area contributed by atoms with Crippen molar-refractivity contribution in [2.24, 2.45) is 5.73 Å². The molecule has 1 aromatic carbocycles. The lowest BCUT2D eigenvalue weighted by Crippen LogP contribution is -2.03. The standard InChI is InChI=1S/C11H15BrFNO2/c1-15-10-7(4-3-5-14)6-8(13)11(16-2)9(10)12/h6H,3-5,14H2,1-2H3. The fourth-order valence-corrected chi connectivity index (χ4v) is 2.29. The van der Waals surface area contributed by atoms with Gasteiger partial charge in [0.15, 0.2) is 11.6 Å². The highest BCUT2D eigenvalue weighted by molar-refractivity contribution is 9.10. The molecule has 0 atom stereocenters. The summed E-state index contributed by atoms with van der Waals surface area (Å²) in [6.45, 7) is 0.564. The van der Waals surface area contributed by atoms with Crippen LogP contribution in [0, 0.1) is 5.82 Å². The highest BCUT2D eigenvalue weighted by Gasteiger charge is 2.17. The van der Waals surface area contributed by atoms with Crippen molar-refractivity contribution >= 4 is 15.9 Å². The van der Waals surface area contributed by atoms with Crippen LogP contribution < -0.4 is 15.2 Å². The number of aryl methyl sites for hydroxylation is 1. The van der Waals surface area contributed by atoms with Crippen LogP contribution in [0.2, 0.25) is 0 Å².